The third-order valence-corrected chi connectivity index (χ3v) is 7.64. The third-order valence-electron chi connectivity index (χ3n) is 6.45. The predicted octanol–water partition coefficient (Wildman–Crippen LogP) is 3.99. The molecule has 1 heterocycles. The topological polar surface area (TPSA) is 105 Å². The smallest absolute Gasteiger partial charge is 0.242 e. The van der Waals surface area contributed by atoms with Crippen LogP contribution in [-0.2, 0) is 26.2 Å². The lowest BCUT2D eigenvalue weighted by Crippen LogP contribution is -2.49. The monoisotopic (exact) mass is 545 g/mol. The van der Waals surface area contributed by atoms with Gasteiger partial charge in [-0.05, 0) is 43.9 Å². The van der Waals surface area contributed by atoms with Gasteiger partial charge in [0.05, 0.1) is 11.9 Å². The molecular formula is C28H39N3O6S. The van der Waals surface area contributed by atoms with Gasteiger partial charge in [-0.1, -0.05) is 50.1 Å². The number of carbonyl (C=O) groups is 2. The van der Waals surface area contributed by atoms with Gasteiger partial charge in [0, 0.05) is 32.1 Å². The average molecular weight is 546 g/mol. The minimum absolute atomic E-state index is 0.0908. The minimum atomic E-state index is -3.61. The van der Waals surface area contributed by atoms with Crippen molar-refractivity contribution >= 4 is 27.5 Å². The maximum Gasteiger partial charge on any atom is 0.242 e. The van der Waals surface area contributed by atoms with E-state index in [2.05, 4.69) is 12.2 Å². The van der Waals surface area contributed by atoms with E-state index in [-0.39, 0.29) is 31.6 Å². The highest BCUT2D eigenvalue weighted by Gasteiger charge is 2.29. The van der Waals surface area contributed by atoms with Crippen LogP contribution in [0.5, 0.6) is 11.5 Å². The Bertz CT molecular complexity index is 1220. The zero-order valence-corrected chi connectivity index (χ0v) is 23.6. The zero-order chi connectivity index (χ0) is 27.7. The molecule has 208 valence electrons. The number of fused-ring (bicyclic) bond motifs is 1. The van der Waals surface area contributed by atoms with E-state index in [1.807, 2.05) is 38.1 Å². The van der Waals surface area contributed by atoms with E-state index < -0.39 is 16.1 Å². The highest BCUT2D eigenvalue weighted by Crippen LogP contribution is 2.36. The second kappa shape index (κ2) is 13.5. The lowest BCUT2D eigenvalue weighted by atomic mass is 10.1. The lowest BCUT2D eigenvalue weighted by molar-refractivity contribution is -0.141. The van der Waals surface area contributed by atoms with Gasteiger partial charge in [-0.25, -0.2) is 8.42 Å². The average Bonchev–Trinajstić information content (AvgIpc) is 3.34. The van der Waals surface area contributed by atoms with Gasteiger partial charge in [0.25, 0.3) is 0 Å². The van der Waals surface area contributed by atoms with Crippen LogP contribution in [0.15, 0.2) is 42.5 Å². The first kappa shape index (κ1) is 29.3. The van der Waals surface area contributed by atoms with E-state index in [0.29, 0.717) is 43.1 Å². The summed E-state index contributed by atoms with van der Waals surface area (Å²) < 4.78 is 37.2. The quantitative estimate of drug-likeness (QED) is 0.360. The molecule has 1 aliphatic heterocycles. The number of unbranched alkanes of at least 4 members (excludes halogenated alkanes) is 1. The fourth-order valence-corrected chi connectivity index (χ4v) is 5.43. The molecule has 1 N–H and O–H groups in total. The highest BCUT2D eigenvalue weighted by molar-refractivity contribution is 7.92. The molecule has 0 radical (unpaired) electrons. The molecular weight excluding hydrogens is 506 g/mol. The van der Waals surface area contributed by atoms with Gasteiger partial charge in [0.2, 0.25) is 28.6 Å². The fraction of sp³-hybridized carbons (Fsp3) is 0.500. The number of hydrogen-bond donors (Lipinski definition) is 1. The summed E-state index contributed by atoms with van der Waals surface area (Å²) in [6.45, 7) is 7.01. The Kier molecular flexibility index (Phi) is 10.4. The number of carbonyl (C=O) groups excluding carboxylic acids is 2. The summed E-state index contributed by atoms with van der Waals surface area (Å²) in [7, 11) is -3.61. The van der Waals surface area contributed by atoms with Crippen molar-refractivity contribution in [3.8, 4) is 11.5 Å². The molecule has 0 fully saturated rings. The van der Waals surface area contributed by atoms with E-state index in [0.717, 1.165) is 30.2 Å². The standard InChI is InChI=1S/C28H39N3O6S/c1-5-7-15-29-28(33)24(6-2)30(19-22-11-8-10-21(3)17-22)27(32)12-9-16-31(38(4,34)35)23-13-14-25-26(18-23)37-20-36-25/h8,10-11,13-14,17-18,24H,5-7,9,12,15-16,19-20H2,1-4H3,(H,29,33). The van der Waals surface area contributed by atoms with E-state index in [1.54, 1.807) is 23.1 Å². The second-order valence-corrected chi connectivity index (χ2v) is 11.5. The van der Waals surface area contributed by atoms with Gasteiger partial charge in [-0.3, -0.25) is 13.9 Å². The molecule has 1 aliphatic rings. The lowest BCUT2D eigenvalue weighted by Gasteiger charge is -2.31. The van der Waals surface area contributed by atoms with Crippen LogP contribution in [0.3, 0.4) is 0 Å². The summed E-state index contributed by atoms with van der Waals surface area (Å²) >= 11 is 0. The molecule has 9 nitrogen and oxygen atoms in total. The maximum absolute atomic E-state index is 13.5. The van der Waals surface area contributed by atoms with Crippen molar-refractivity contribution in [3.05, 3.63) is 53.6 Å². The van der Waals surface area contributed by atoms with Crippen molar-refractivity contribution in [2.75, 3.05) is 30.4 Å². The largest absolute Gasteiger partial charge is 0.454 e. The summed E-state index contributed by atoms with van der Waals surface area (Å²) in [5.74, 6) is 0.687. The Balaban J connectivity index is 1.75. The van der Waals surface area contributed by atoms with Crippen molar-refractivity contribution in [2.45, 2.75) is 65.5 Å². The number of nitrogens with zero attached hydrogens (tertiary/aromatic N) is 2. The Hall–Kier alpha value is -3.27. The third kappa shape index (κ3) is 7.86. The number of sulfonamides is 1. The molecule has 3 rings (SSSR count). The number of ether oxygens (including phenoxy) is 2. The highest BCUT2D eigenvalue weighted by atomic mass is 32.2. The first-order chi connectivity index (χ1) is 18.1. The number of benzene rings is 2. The molecule has 1 unspecified atom stereocenters. The summed E-state index contributed by atoms with van der Waals surface area (Å²) in [6, 6.07) is 12.2. The Morgan fingerprint density at radius 3 is 2.50 bits per heavy atom. The first-order valence-corrected chi connectivity index (χ1v) is 15.0. The number of rotatable bonds is 14. The molecule has 1 atom stereocenters. The second-order valence-electron chi connectivity index (χ2n) is 9.56. The summed E-state index contributed by atoms with van der Waals surface area (Å²) in [5, 5.41) is 2.96. The number of hydrogen-bond acceptors (Lipinski definition) is 6. The Labute approximate surface area is 226 Å². The Morgan fingerprint density at radius 1 is 1.05 bits per heavy atom. The van der Waals surface area contributed by atoms with E-state index >= 15 is 0 Å². The van der Waals surface area contributed by atoms with Crippen LogP contribution < -0.4 is 19.1 Å². The number of aryl methyl sites for hydroxylation is 1. The summed E-state index contributed by atoms with van der Waals surface area (Å²) in [4.78, 5) is 28.2. The molecule has 0 bridgehead atoms. The van der Waals surface area contributed by atoms with Crippen LogP contribution in [0.4, 0.5) is 5.69 Å². The van der Waals surface area contributed by atoms with Crippen LogP contribution in [-0.4, -0.2) is 57.3 Å². The van der Waals surface area contributed by atoms with Crippen molar-refractivity contribution < 1.29 is 27.5 Å². The molecule has 0 aliphatic carbocycles. The van der Waals surface area contributed by atoms with Crippen molar-refractivity contribution in [3.63, 3.8) is 0 Å². The van der Waals surface area contributed by atoms with Crippen molar-refractivity contribution in [1.82, 2.24) is 10.2 Å². The van der Waals surface area contributed by atoms with E-state index in [4.69, 9.17) is 9.47 Å². The molecule has 2 amide bonds. The predicted molar refractivity (Wildman–Crippen MR) is 148 cm³/mol. The number of anilines is 1. The maximum atomic E-state index is 13.5. The van der Waals surface area contributed by atoms with Gasteiger partial charge in [0.1, 0.15) is 6.04 Å². The van der Waals surface area contributed by atoms with Gasteiger partial charge < -0.3 is 19.7 Å². The number of amides is 2. The fourth-order valence-electron chi connectivity index (χ4n) is 4.48. The van der Waals surface area contributed by atoms with Gasteiger partial charge in [-0.2, -0.15) is 0 Å². The van der Waals surface area contributed by atoms with E-state index in [1.165, 1.54) is 4.31 Å². The number of nitrogens with one attached hydrogen (secondary N) is 1. The van der Waals surface area contributed by atoms with Crippen LogP contribution >= 0.6 is 0 Å². The minimum Gasteiger partial charge on any atom is -0.454 e. The van der Waals surface area contributed by atoms with Crippen molar-refractivity contribution in [2.24, 2.45) is 0 Å². The van der Waals surface area contributed by atoms with Crippen molar-refractivity contribution in [1.29, 1.82) is 0 Å². The van der Waals surface area contributed by atoms with Gasteiger partial charge in [0.15, 0.2) is 11.5 Å². The van der Waals surface area contributed by atoms with Crippen LogP contribution in [0.25, 0.3) is 0 Å². The Morgan fingerprint density at radius 2 is 1.82 bits per heavy atom. The van der Waals surface area contributed by atoms with Gasteiger partial charge >= 0.3 is 0 Å². The van der Waals surface area contributed by atoms with Crippen LogP contribution in [0.2, 0.25) is 0 Å². The molecule has 0 spiro atoms. The molecule has 10 heteroatoms. The summed E-state index contributed by atoms with van der Waals surface area (Å²) in [5.41, 5.74) is 2.46. The molecule has 0 saturated heterocycles. The molecule has 0 saturated carbocycles. The van der Waals surface area contributed by atoms with Crippen LogP contribution in [0.1, 0.15) is 57.1 Å². The summed E-state index contributed by atoms with van der Waals surface area (Å²) in [6.07, 6.45) is 3.83. The molecule has 2 aromatic rings. The molecule has 38 heavy (non-hydrogen) atoms. The van der Waals surface area contributed by atoms with Crippen LogP contribution in [0, 0.1) is 6.92 Å². The van der Waals surface area contributed by atoms with E-state index in [9.17, 15) is 18.0 Å². The molecule has 0 aromatic heterocycles. The SMILES string of the molecule is CCCCNC(=O)C(CC)N(Cc1cccc(C)c1)C(=O)CCCN(c1ccc2c(c1)OCO2)S(C)(=O)=O. The molecule has 2 aromatic carbocycles. The normalized spacial score (nSPS) is 13.2. The zero-order valence-electron chi connectivity index (χ0n) is 22.7. The first-order valence-electron chi connectivity index (χ1n) is 13.1. The van der Waals surface area contributed by atoms with Gasteiger partial charge in [-0.15, -0.1) is 0 Å².